The number of benzene rings is 2. The molecule has 3 unspecified atom stereocenters. The molecule has 3 fully saturated rings. The molecule has 2 aromatic carbocycles. The highest BCUT2D eigenvalue weighted by Gasteiger charge is 2.41. The van der Waals surface area contributed by atoms with E-state index >= 15 is 0 Å². The largest absolute Gasteiger partial charge is 0.303 e. The van der Waals surface area contributed by atoms with Crippen molar-refractivity contribution in [3.05, 3.63) is 59.7 Å². The van der Waals surface area contributed by atoms with Gasteiger partial charge in [0, 0.05) is 12.6 Å². The average Bonchev–Trinajstić information content (AvgIpc) is 2.69. The van der Waals surface area contributed by atoms with Gasteiger partial charge in [-0.2, -0.15) is 16.8 Å². The normalized spacial score (nSPS) is 23.8. The number of aryl methyl sites for hydroxylation is 2. The Hall–Kier alpha value is -1.78. The molecule has 2 aromatic rings. The summed E-state index contributed by atoms with van der Waals surface area (Å²) in [6.07, 6.45) is 2.90. The maximum absolute atomic E-state index is 12.3. The van der Waals surface area contributed by atoms with Crippen LogP contribution in [0.3, 0.4) is 0 Å². The molecule has 31 heavy (non-hydrogen) atoms. The van der Waals surface area contributed by atoms with Gasteiger partial charge in [0.25, 0.3) is 20.2 Å². The van der Waals surface area contributed by atoms with E-state index in [4.69, 9.17) is 8.74 Å². The lowest BCUT2D eigenvalue weighted by Gasteiger charge is -2.47. The predicted octanol–water partition coefficient (Wildman–Crippen LogP) is 3.42. The fourth-order valence-electron chi connectivity index (χ4n) is 4.05. The Labute approximate surface area is 184 Å². The van der Waals surface area contributed by atoms with Crippen molar-refractivity contribution in [3.8, 4) is 0 Å². The van der Waals surface area contributed by atoms with Crippen molar-refractivity contribution in [2.24, 2.45) is 5.92 Å². The number of hydrogen-bond acceptors (Lipinski definition) is 6. The van der Waals surface area contributed by atoms with Crippen molar-refractivity contribution in [2.45, 2.75) is 55.0 Å². The first-order chi connectivity index (χ1) is 14.5. The molecule has 170 valence electrons. The number of piperidine rings is 2. The third-order valence-electron chi connectivity index (χ3n) is 5.93. The topological polar surface area (TPSA) is 101 Å². The standard InChI is InChI=1S/C15H21NO3S.C7H8O3S/c1-11-3-7-14(8-4-11)20(17,18)19-15-9-13-6-5-12(15)10-16(13)2;1-6-2-4-7(5-3-6)11(8,9)10/h3-4,7-8,12-13,15H,5-6,9-10H2,1-2H3;2-5H,1H3,(H,8,9,10). The molecule has 2 heterocycles. The lowest BCUT2D eigenvalue weighted by Crippen LogP contribution is -2.53. The molecule has 2 bridgehead atoms. The van der Waals surface area contributed by atoms with E-state index in [0.29, 0.717) is 12.0 Å². The van der Waals surface area contributed by atoms with Gasteiger partial charge in [-0.1, -0.05) is 35.4 Å². The van der Waals surface area contributed by atoms with Gasteiger partial charge in [0.1, 0.15) is 0 Å². The fraction of sp³-hybridized carbons (Fsp3) is 0.455. The highest BCUT2D eigenvalue weighted by Crippen LogP contribution is 2.37. The third kappa shape index (κ3) is 6.14. The van der Waals surface area contributed by atoms with E-state index in [2.05, 4.69) is 11.9 Å². The summed E-state index contributed by atoms with van der Waals surface area (Å²) >= 11 is 0. The van der Waals surface area contributed by atoms with Gasteiger partial charge in [-0.15, -0.1) is 0 Å². The van der Waals surface area contributed by atoms with Gasteiger partial charge in [-0.3, -0.25) is 8.74 Å². The molecular formula is C22H29NO6S2. The summed E-state index contributed by atoms with van der Waals surface area (Å²) in [5.74, 6) is 0.338. The van der Waals surface area contributed by atoms with Crippen LogP contribution in [0.5, 0.6) is 0 Å². The molecule has 7 nitrogen and oxygen atoms in total. The minimum absolute atomic E-state index is 0.0666. The van der Waals surface area contributed by atoms with Crippen LogP contribution in [0.1, 0.15) is 30.4 Å². The molecule has 3 atom stereocenters. The predicted molar refractivity (Wildman–Crippen MR) is 118 cm³/mol. The molecule has 0 radical (unpaired) electrons. The first-order valence-electron chi connectivity index (χ1n) is 10.2. The molecule has 0 aromatic heterocycles. The fourth-order valence-corrected chi connectivity index (χ4v) is 5.67. The average molecular weight is 468 g/mol. The van der Waals surface area contributed by atoms with Crippen LogP contribution < -0.4 is 0 Å². The Morgan fingerprint density at radius 3 is 1.81 bits per heavy atom. The monoisotopic (exact) mass is 467 g/mol. The second kappa shape index (κ2) is 9.38. The van der Waals surface area contributed by atoms with E-state index in [-0.39, 0.29) is 15.9 Å². The summed E-state index contributed by atoms with van der Waals surface area (Å²) in [6.45, 7) is 4.72. The highest BCUT2D eigenvalue weighted by atomic mass is 32.2. The van der Waals surface area contributed by atoms with E-state index in [1.54, 1.807) is 36.4 Å². The zero-order chi connectivity index (χ0) is 22.8. The van der Waals surface area contributed by atoms with E-state index in [0.717, 1.165) is 36.9 Å². The van der Waals surface area contributed by atoms with Crippen molar-refractivity contribution >= 4 is 20.2 Å². The first kappa shape index (κ1) is 23.9. The Kier molecular flexibility index (Phi) is 7.22. The summed E-state index contributed by atoms with van der Waals surface area (Å²) in [5, 5.41) is 0. The van der Waals surface area contributed by atoms with Crippen LogP contribution in [0, 0.1) is 19.8 Å². The highest BCUT2D eigenvalue weighted by molar-refractivity contribution is 7.86. The molecule has 0 spiro atoms. The Morgan fingerprint density at radius 2 is 1.39 bits per heavy atom. The Morgan fingerprint density at radius 1 is 0.871 bits per heavy atom. The van der Waals surface area contributed by atoms with Gasteiger partial charge in [-0.05, 0) is 70.3 Å². The summed E-state index contributed by atoms with van der Waals surface area (Å²) in [7, 11) is -5.54. The molecule has 2 saturated heterocycles. The van der Waals surface area contributed by atoms with E-state index in [9.17, 15) is 16.8 Å². The van der Waals surface area contributed by atoms with Gasteiger partial charge in [0.15, 0.2) is 0 Å². The van der Waals surface area contributed by atoms with Gasteiger partial charge in [0.2, 0.25) is 0 Å². The van der Waals surface area contributed by atoms with E-state index < -0.39 is 20.2 Å². The number of nitrogens with zero attached hydrogens (tertiary/aromatic N) is 1. The molecule has 2 aliphatic heterocycles. The van der Waals surface area contributed by atoms with Crippen LogP contribution >= 0.6 is 0 Å². The zero-order valence-corrected chi connectivity index (χ0v) is 19.6. The summed E-state index contributed by atoms with van der Waals surface area (Å²) < 4.78 is 59.8. The number of rotatable bonds is 4. The second-order valence-electron chi connectivity index (χ2n) is 8.36. The summed E-state index contributed by atoms with van der Waals surface area (Å²) in [5.41, 5.74) is 2.00. The lowest BCUT2D eigenvalue weighted by atomic mass is 9.78. The van der Waals surface area contributed by atoms with Crippen molar-refractivity contribution in [1.29, 1.82) is 0 Å². The van der Waals surface area contributed by atoms with Crippen molar-refractivity contribution in [2.75, 3.05) is 13.6 Å². The minimum Gasteiger partial charge on any atom is -0.303 e. The maximum atomic E-state index is 12.3. The molecule has 5 rings (SSSR count). The van der Waals surface area contributed by atoms with Gasteiger partial charge in [0.05, 0.1) is 15.9 Å². The molecule has 9 heteroatoms. The van der Waals surface area contributed by atoms with Crippen LogP contribution in [0.4, 0.5) is 0 Å². The summed E-state index contributed by atoms with van der Waals surface area (Å²) in [6, 6.07) is 13.3. The summed E-state index contributed by atoms with van der Waals surface area (Å²) in [4.78, 5) is 2.52. The molecule has 1 aliphatic carbocycles. The lowest BCUT2D eigenvalue weighted by molar-refractivity contribution is -0.0216. The van der Waals surface area contributed by atoms with Gasteiger partial charge < -0.3 is 4.90 Å². The second-order valence-corrected chi connectivity index (χ2v) is 11.4. The van der Waals surface area contributed by atoms with Crippen LogP contribution in [0.25, 0.3) is 0 Å². The SMILES string of the molecule is Cc1ccc(S(=O)(=O)O)cc1.Cc1ccc(S(=O)(=O)OC2CC3CCC2CN3C)cc1. The molecule has 3 aliphatic rings. The Balaban J connectivity index is 0.000000210. The number of hydrogen-bond donors (Lipinski definition) is 1. The molecular weight excluding hydrogens is 438 g/mol. The van der Waals surface area contributed by atoms with Gasteiger partial charge >= 0.3 is 0 Å². The van der Waals surface area contributed by atoms with Crippen molar-refractivity contribution < 1.29 is 25.6 Å². The zero-order valence-electron chi connectivity index (χ0n) is 17.9. The van der Waals surface area contributed by atoms with Crippen LogP contribution in [0.2, 0.25) is 0 Å². The van der Waals surface area contributed by atoms with E-state index in [1.807, 2.05) is 13.8 Å². The first-order valence-corrected chi connectivity index (χ1v) is 13.0. The van der Waals surface area contributed by atoms with E-state index in [1.165, 1.54) is 12.1 Å². The minimum atomic E-state index is -4.02. The van der Waals surface area contributed by atoms with Gasteiger partial charge in [-0.25, -0.2) is 0 Å². The maximum Gasteiger partial charge on any atom is 0.297 e. The Bertz CT molecular complexity index is 1100. The molecule has 0 amide bonds. The quantitative estimate of drug-likeness (QED) is 0.543. The number of fused-ring (bicyclic) bond motifs is 3. The van der Waals surface area contributed by atoms with Crippen LogP contribution in [-0.2, 0) is 24.4 Å². The molecule has 1 N–H and O–H groups in total. The van der Waals surface area contributed by atoms with Crippen molar-refractivity contribution in [3.63, 3.8) is 0 Å². The smallest absolute Gasteiger partial charge is 0.297 e. The molecule has 1 saturated carbocycles. The van der Waals surface area contributed by atoms with Crippen molar-refractivity contribution in [1.82, 2.24) is 4.90 Å². The third-order valence-corrected chi connectivity index (χ3v) is 8.14. The van der Waals surface area contributed by atoms with Crippen LogP contribution in [-0.4, -0.2) is 52.0 Å². The van der Waals surface area contributed by atoms with Crippen LogP contribution in [0.15, 0.2) is 58.3 Å².